The predicted octanol–water partition coefficient (Wildman–Crippen LogP) is 0.314. The molecule has 1 unspecified atom stereocenters. The number of aliphatic hydroxyl groups excluding tert-OH is 1. The van der Waals surface area contributed by atoms with Gasteiger partial charge in [-0.05, 0) is 11.6 Å². The summed E-state index contributed by atoms with van der Waals surface area (Å²) in [5, 5.41) is 8.78. The average molecular weight is 141 g/mol. The van der Waals surface area contributed by atoms with Crippen LogP contribution < -0.4 is 5.73 Å². The van der Waals surface area contributed by atoms with Crippen molar-refractivity contribution in [2.45, 2.75) is 5.92 Å². The Hall–Kier alpha value is -0.800. The van der Waals surface area contributed by atoms with Gasteiger partial charge in [-0.2, -0.15) is 0 Å². The zero-order valence-electron chi connectivity index (χ0n) is 5.66. The molecule has 1 rings (SSSR count). The van der Waals surface area contributed by atoms with Gasteiger partial charge >= 0.3 is 0 Å². The molecule has 0 amide bonds. The molecule has 3 nitrogen and oxygen atoms in total. The highest BCUT2D eigenvalue weighted by Gasteiger charge is 2.07. The highest BCUT2D eigenvalue weighted by Crippen LogP contribution is 2.13. The van der Waals surface area contributed by atoms with Crippen molar-refractivity contribution in [2.75, 3.05) is 13.2 Å². The van der Waals surface area contributed by atoms with E-state index in [1.54, 1.807) is 12.5 Å². The topological polar surface area (TPSA) is 59.4 Å². The van der Waals surface area contributed by atoms with Crippen molar-refractivity contribution in [3.8, 4) is 0 Å². The SMILES string of the molecule is NCC(CO)c1ccoc1. The van der Waals surface area contributed by atoms with Crippen molar-refractivity contribution in [3.05, 3.63) is 24.2 Å². The zero-order valence-corrected chi connectivity index (χ0v) is 5.66. The molecule has 0 aliphatic carbocycles. The lowest BCUT2D eigenvalue weighted by atomic mass is 10.0. The molecule has 0 fully saturated rings. The summed E-state index contributed by atoms with van der Waals surface area (Å²) in [5.41, 5.74) is 6.34. The van der Waals surface area contributed by atoms with Crippen LogP contribution in [0.1, 0.15) is 11.5 Å². The van der Waals surface area contributed by atoms with Crippen LogP contribution in [0.2, 0.25) is 0 Å². The van der Waals surface area contributed by atoms with Gasteiger partial charge in [-0.3, -0.25) is 0 Å². The third kappa shape index (κ3) is 1.37. The largest absolute Gasteiger partial charge is 0.472 e. The van der Waals surface area contributed by atoms with E-state index < -0.39 is 0 Å². The van der Waals surface area contributed by atoms with E-state index in [0.29, 0.717) is 6.54 Å². The fourth-order valence-corrected chi connectivity index (χ4v) is 0.823. The Morgan fingerprint density at radius 1 is 1.70 bits per heavy atom. The minimum atomic E-state index is 0.0266. The third-order valence-electron chi connectivity index (χ3n) is 1.52. The van der Waals surface area contributed by atoms with E-state index in [1.165, 1.54) is 0 Å². The molecule has 1 aromatic rings. The van der Waals surface area contributed by atoms with Gasteiger partial charge in [0.25, 0.3) is 0 Å². The van der Waals surface area contributed by atoms with Gasteiger partial charge in [-0.1, -0.05) is 0 Å². The van der Waals surface area contributed by atoms with Gasteiger partial charge in [-0.15, -0.1) is 0 Å². The Labute approximate surface area is 59.5 Å². The number of hydrogen-bond acceptors (Lipinski definition) is 3. The minimum absolute atomic E-state index is 0.0266. The molecule has 0 saturated heterocycles. The number of rotatable bonds is 3. The molecule has 1 aromatic heterocycles. The van der Waals surface area contributed by atoms with Crippen molar-refractivity contribution in [1.82, 2.24) is 0 Å². The number of hydrogen-bond donors (Lipinski definition) is 2. The summed E-state index contributed by atoms with van der Waals surface area (Å²) >= 11 is 0. The van der Waals surface area contributed by atoms with Gasteiger partial charge in [-0.25, -0.2) is 0 Å². The molecule has 0 aliphatic heterocycles. The summed E-state index contributed by atoms with van der Waals surface area (Å²) in [6, 6.07) is 1.81. The standard InChI is InChI=1S/C7H11NO2/c8-3-7(4-9)6-1-2-10-5-6/h1-2,5,7,9H,3-4,8H2. The Balaban J connectivity index is 2.64. The molecule has 0 aliphatic rings. The Kier molecular flexibility index (Phi) is 2.48. The Morgan fingerprint density at radius 2 is 2.50 bits per heavy atom. The molecule has 1 heterocycles. The highest BCUT2D eigenvalue weighted by atomic mass is 16.3. The fourth-order valence-electron chi connectivity index (χ4n) is 0.823. The molecular weight excluding hydrogens is 130 g/mol. The van der Waals surface area contributed by atoms with Crippen molar-refractivity contribution >= 4 is 0 Å². The van der Waals surface area contributed by atoms with Crippen LogP contribution in [0.4, 0.5) is 0 Å². The van der Waals surface area contributed by atoms with Gasteiger partial charge in [0.2, 0.25) is 0 Å². The maximum Gasteiger partial charge on any atom is 0.0938 e. The fraction of sp³-hybridized carbons (Fsp3) is 0.429. The van der Waals surface area contributed by atoms with Crippen LogP contribution in [0.25, 0.3) is 0 Å². The molecule has 3 heteroatoms. The zero-order chi connectivity index (χ0) is 7.40. The van der Waals surface area contributed by atoms with Crippen LogP contribution in [0.15, 0.2) is 23.0 Å². The van der Waals surface area contributed by atoms with Crippen LogP contribution in [0.5, 0.6) is 0 Å². The van der Waals surface area contributed by atoms with Gasteiger partial charge < -0.3 is 15.3 Å². The molecule has 0 saturated carbocycles. The summed E-state index contributed by atoms with van der Waals surface area (Å²) in [5.74, 6) is 0.0266. The van der Waals surface area contributed by atoms with Crippen molar-refractivity contribution in [2.24, 2.45) is 5.73 Å². The molecule has 10 heavy (non-hydrogen) atoms. The van der Waals surface area contributed by atoms with Crippen LogP contribution in [-0.4, -0.2) is 18.3 Å². The van der Waals surface area contributed by atoms with Gasteiger partial charge in [0.15, 0.2) is 0 Å². The first kappa shape index (κ1) is 7.31. The third-order valence-corrected chi connectivity index (χ3v) is 1.52. The second-order valence-electron chi connectivity index (χ2n) is 2.17. The van der Waals surface area contributed by atoms with Gasteiger partial charge in [0, 0.05) is 12.5 Å². The first-order chi connectivity index (χ1) is 4.88. The van der Waals surface area contributed by atoms with Gasteiger partial charge in [0.05, 0.1) is 19.1 Å². The van der Waals surface area contributed by atoms with E-state index in [9.17, 15) is 0 Å². The monoisotopic (exact) mass is 141 g/mol. The number of furan rings is 1. The number of aliphatic hydroxyl groups is 1. The molecule has 0 aromatic carbocycles. The summed E-state index contributed by atoms with van der Waals surface area (Å²) in [7, 11) is 0. The first-order valence-electron chi connectivity index (χ1n) is 3.21. The smallest absolute Gasteiger partial charge is 0.0938 e. The number of nitrogens with two attached hydrogens (primary N) is 1. The highest BCUT2D eigenvalue weighted by molar-refractivity contribution is 5.12. The maximum atomic E-state index is 8.78. The first-order valence-corrected chi connectivity index (χ1v) is 3.21. The molecule has 0 radical (unpaired) electrons. The molecule has 56 valence electrons. The van der Waals surface area contributed by atoms with Crippen LogP contribution in [-0.2, 0) is 0 Å². The predicted molar refractivity (Wildman–Crippen MR) is 37.6 cm³/mol. The Bertz CT molecular complexity index is 168. The average Bonchev–Trinajstić information content (AvgIpc) is 2.43. The second-order valence-corrected chi connectivity index (χ2v) is 2.17. The molecule has 1 atom stereocenters. The van der Waals surface area contributed by atoms with Crippen molar-refractivity contribution < 1.29 is 9.52 Å². The molecular formula is C7H11NO2. The van der Waals surface area contributed by atoms with E-state index in [4.69, 9.17) is 15.3 Å². The minimum Gasteiger partial charge on any atom is -0.472 e. The van der Waals surface area contributed by atoms with Crippen molar-refractivity contribution in [1.29, 1.82) is 0 Å². The molecule has 0 spiro atoms. The van der Waals surface area contributed by atoms with Crippen LogP contribution in [0.3, 0.4) is 0 Å². The maximum absolute atomic E-state index is 8.78. The summed E-state index contributed by atoms with van der Waals surface area (Å²) in [4.78, 5) is 0. The van der Waals surface area contributed by atoms with Crippen LogP contribution in [0, 0.1) is 0 Å². The summed E-state index contributed by atoms with van der Waals surface area (Å²) in [6.45, 7) is 0.534. The van der Waals surface area contributed by atoms with E-state index in [2.05, 4.69) is 0 Å². The summed E-state index contributed by atoms with van der Waals surface area (Å²) in [6.07, 6.45) is 3.18. The lowest BCUT2D eigenvalue weighted by Gasteiger charge is -2.06. The van der Waals surface area contributed by atoms with Crippen LogP contribution >= 0.6 is 0 Å². The molecule has 3 N–H and O–H groups in total. The normalized spacial score (nSPS) is 13.4. The van der Waals surface area contributed by atoms with Crippen molar-refractivity contribution in [3.63, 3.8) is 0 Å². The van der Waals surface area contributed by atoms with E-state index in [-0.39, 0.29) is 12.5 Å². The van der Waals surface area contributed by atoms with E-state index in [0.717, 1.165) is 5.56 Å². The Morgan fingerprint density at radius 3 is 2.90 bits per heavy atom. The van der Waals surface area contributed by atoms with E-state index >= 15 is 0 Å². The molecule has 0 bridgehead atoms. The lowest BCUT2D eigenvalue weighted by Crippen LogP contribution is -2.15. The lowest BCUT2D eigenvalue weighted by molar-refractivity contribution is 0.267. The summed E-state index contributed by atoms with van der Waals surface area (Å²) < 4.78 is 4.83. The quantitative estimate of drug-likeness (QED) is 0.637. The van der Waals surface area contributed by atoms with Gasteiger partial charge in [0.1, 0.15) is 0 Å². The second kappa shape index (κ2) is 3.39. The van der Waals surface area contributed by atoms with E-state index in [1.807, 2.05) is 6.07 Å².